The van der Waals surface area contributed by atoms with E-state index in [1.165, 1.54) is 23.5 Å². The summed E-state index contributed by atoms with van der Waals surface area (Å²) in [6, 6.07) is 9.22. The molecule has 2 aromatic rings. The van der Waals surface area contributed by atoms with E-state index in [1.807, 2.05) is 13.8 Å². The Balaban J connectivity index is 1.62. The zero-order valence-electron chi connectivity index (χ0n) is 28.0. The van der Waals surface area contributed by atoms with E-state index in [0.29, 0.717) is 24.5 Å². The maximum atomic E-state index is 14.3. The molecule has 0 spiro atoms. The molecule has 260 valence electrons. The molecule has 12 heteroatoms. The summed E-state index contributed by atoms with van der Waals surface area (Å²) in [5.74, 6) is -0.968. The summed E-state index contributed by atoms with van der Waals surface area (Å²) < 4.78 is 53.9. The van der Waals surface area contributed by atoms with Gasteiger partial charge in [0.1, 0.15) is 11.6 Å². The molecule has 0 bridgehead atoms. The fourth-order valence-electron chi connectivity index (χ4n) is 6.21. The van der Waals surface area contributed by atoms with Crippen LogP contribution in [0.4, 0.5) is 10.1 Å². The first-order valence-electron chi connectivity index (χ1n) is 16.8. The van der Waals surface area contributed by atoms with Crippen LogP contribution in [0.3, 0.4) is 0 Å². The lowest BCUT2D eigenvalue weighted by atomic mass is 9.88. The Labute approximate surface area is 278 Å². The molecule has 0 radical (unpaired) electrons. The van der Waals surface area contributed by atoms with Gasteiger partial charge >= 0.3 is 0 Å². The zero-order valence-corrected chi connectivity index (χ0v) is 28.8. The lowest BCUT2D eigenvalue weighted by Gasteiger charge is -2.35. The van der Waals surface area contributed by atoms with Gasteiger partial charge in [-0.15, -0.1) is 0 Å². The summed E-state index contributed by atoms with van der Waals surface area (Å²) in [7, 11) is -2.48. The summed E-state index contributed by atoms with van der Waals surface area (Å²) in [4.78, 5) is 28.9. The second kappa shape index (κ2) is 16.9. The molecule has 10 nitrogen and oxygen atoms in total. The normalized spacial score (nSPS) is 23.0. The van der Waals surface area contributed by atoms with Crippen LogP contribution in [0.1, 0.15) is 82.5 Å². The monoisotopic (exact) mass is 675 g/mol. The highest BCUT2D eigenvalue weighted by Gasteiger charge is 2.33. The van der Waals surface area contributed by atoms with Crippen molar-refractivity contribution >= 4 is 27.5 Å². The summed E-state index contributed by atoms with van der Waals surface area (Å²) >= 11 is 0. The van der Waals surface area contributed by atoms with Gasteiger partial charge in [0, 0.05) is 44.3 Å². The molecule has 4 atom stereocenters. The topological polar surface area (TPSA) is 125 Å². The summed E-state index contributed by atoms with van der Waals surface area (Å²) in [6.45, 7) is 5.82. The number of amides is 2. The molecular weight excluding hydrogens is 625 g/mol. The molecule has 1 aliphatic heterocycles. The minimum atomic E-state index is -3.94. The number of carbonyl (C=O) groups is 2. The van der Waals surface area contributed by atoms with E-state index in [2.05, 4.69) is 5.32 Å². The third-order valence-corrected chi connectivity index (χ3v) is 11.1. The molecular formula is C35H50FN3O7S. The number of hydrogen-bond acceptors (Lipinski definition) is 7. The maximum Gasteiger partial charge on any atom is 0.258 e. The smallest absolute Gasteiger partial charge is 0.258 e. The number of anilines is 1. The molecule has 47 heavy (non-hydrogen) atoms. The van der Waals surface area contributed by atoms with Crippen LogP contribution >= 0.6 is 0 Å². The molecule has 0 unspecified atom stereocenters. The Morgan fingerprint density at radius 2 is 1.74 bits per heavy atom. The van der Waals surface area contributed by atoms with Gasteiger partial charge in [0.15, 0.2) is 0 Å². The van der Waals surface area contributed by atoms with Crippen molar-refractivity contribution in [2.24, 2.45) is 11.8 Å². The van der Waals surface area contributed by atoms with Crippen molar-refractivity contribution in [2.45, 2.75) is 95.3 Å². The maximum absolute atomic E-state index is 14.3. The van der Waals surface area contributed by atoms with E-state index in [9.17, 15) is 27.5 Å². The predicted octanol–water partition coefficient (Wildman–Crippen LogP) is 5.46. The number of aliphatic hydroxyl groups is 1. The van der Waals surface area contributed by atoms with E-state index >= 15 is 0 Å². The van der Waals surface area contributed by atoms with Crippen molar-refractivity contribution in [2.75, 3.05) is 38.7 Å². The van der Waals surface area contributed by atoms with Crippen LogP contribution in [0.5, 0.6) is 5.75 Å². The van der Waals surface area contributed by atoms with Gasteiger partial charge in [-0.05, 0) is 88.4 Å². The highest BCUT2D eigenvalue weighted by molar-refractivity contribution is 7.89. The van der Waals surface area contributed by atoms with Crippen molar-refractivity contribution in [3.8, 4) is 5.75 Å². The van der Waals surface area contributed by atoms with Crippen molar-refractivity contribution in [3.05, 3.63) is 53.8 Å². The van der Waals surface area contributed by atoms with Gasteiger partial charge in [-0.25, -0.2) is 12.8 Å². The Morgan fingerprint density at radius 3 is 2.43 bits per heavy atom. The predicted molar refractivity (Wildman–Crippen MR) is 178 cm³/mol. The average Bonchev–Trinajstić information content (AvgIpc) is 3.06. The molecule has 1 saturated carbocycles. The average molecular weight is 676 g/mol. The molecule has 1 fully saturated rings. The van der Waals surface area contributed by atoms with Gasteiger partial charge in [0.2, 0.25) is 15.9 Å². The molecule has 0 aromatic heterocycles. The minimum absolute atomic E-state index is 0.00383. The molecule has 0 saturated heterocycles. The fraction of sp³-hybridized carbons (Fsp3) is 0.600. The lowest BCUT2D eigenvalue weighted by molar-refractivity contribution is -0.120. The number of aliphatic hydroxyl groups excluding tert-OH is 1. The van der Waals surface area contributed by atoms with Crippen LogP contribution in [0.2, 0.25) is 0 Å². The van der Waals surface area contributed by atoms with Crippen molar-refractivity contribution in [1.82, 2.24) is 9.21 Å². The number of hydrogen-bond donors (Lipinski definition) is 2. The van der Waals surface area contributed by atoms with Crippen molar-refractivity contribution in [1.29, 1.82) is 0 Å². The van der Waals surface area contributed by atoms with Gasteiger partial charge < -0.3 is 24.8 Å². The number of nitrogens with zero attached hydrogens (tertiary/aromatic N) is 2. The third kappa shape index (κ3) is 9.74. The number of nitrogens with one attached hydrogen (secondary N) is 1. The highest BCUT2D eigenvalue weighted by atomic mass is 32.2. The highest BCUT2D eigenvalue weighted by Crippen LogP contribution is 2.30. The van der Waals surface area contributed by atoms with Crippen molar-refractivity contribution < 1.29 is 37.0 Å². The molecule has 2 amide bonds. The van der Waals surface area contributed by atoms with Crippen LogP contribution < -0.4 is 10.1 Å². The Kier molecular flexibility index (Phi) is 13.2. The SMILES string of the molecule is C[C@@H]1CCCCO[C@H](CN(C)S(=O)(=O)c2ccc(F)cc2)[C@@H](C)CN([C@H](C)CO)C(=O)c2cc(NC(=O)C3CCCCC3)ccc2O1. The number of rotatable bonds is 8. The molecule has 1 heterocycles. The van der Waals surface area contributed by atoms with E-state index < -0.39 is 28.0 Å². The van der Waals surface area contributed by atoms with E-state index in [0.717, 1.165) is 57.1 Å². The van der Waals surface area contributed by atoms with Crippen LogP contribution in [0.25, 0.3) is 0 Å². The summed E-state index contributed by atoms with van der Waals surface area (Å²) in [5.41, 5.74) is 0.778. The number of likely N-dealkylation sites (N-methyl/N-ethyl adjacent to an activating group) is 1. The first kappa shape index (κ1) is 36.8. The first-order chi connectivity index (χ1) is 22.4. The van der Waals surface area contributed by atoms with E-state index in [-0.39, 0.29) is 59.9 Å². The second-order valence-electron chi connectivity index (χ2n) is 13.1. The van der Waals surface area contributed by atoms with Gasteiger partial charge in [0.05, 0.1) is 35.3 Å². The Hall–Kier alpha value is -3.06. The largest absolute Gasteiger partial charge is 0.490 e. The number of fused-ring (bicyclic) bond motifs is 1. The third-order valence-electron chi connectivity index (χ3n) is 9.25. The number of sulfonamides is 1. The van der Waals surface area contributed by atoms with Crippen molar-refractivity contribution in [3.63, 3.8) is 0 Å². The van der Waals surface area contributed by atoms with Crippen LogP contribution in [-0.4, -0.2) is 86.1 Å². The van der Waals surface area contributed by atoms with Crippen LogP contribution in [0, 0.1) is 17.7 Å². The summed E-state index contributed by atoms with van der Waals surface area (Å²) in [6.07, 6.45) is 6.29. The lowest BCUT2D eigenvalue weighted by Crippen LogP contribution is -2.48. The van der Waals surface area contributed by atoms with Gasteiger partial charge in [0.25, 0.3) is 5.91 Å². The zero-order chi connectivity index (χ0) is 34.1. The van der Waals surface area contributed by atoms with E-state index in [1.54, 1.807) is 30.0 Å². The number of carbonyl (C=O) groups excluding carboxylic acids is 2. The van der Waals surface area contributed by atoms with Gasteiger partial charge in [-0.2, -0.15) is 4.31 Å². The summed E-state index contributed by atoms with van der Waals surface area (Å²) in [5, 5.41) is 13.2. The van der Waals surface area contributed by atoms with E-state index in [4.69, 9.17) is 9.47 Å². The molecule has 4 rings (SSSR count). The van der Waals surface area contributed by atoms with Gasteiger partial charge in [-0.1, -0.05) is 26.2 Å². The molecule has 2 aliphatic rings. The van der Waals surface area contributed by atoms with Gasteiger partial charge in [-0.3, -0.25) is 9.59 Å². The first-order valence-corrected chi connectivity index (χ1v) is 18.2. The minimum Gasteiger partial charge on any atom is -0.490 e. The number of ether oxygens (including phenoxy) is 2. The quantitative estimate of drug-likeness (QED) is 0.381. The second-order valence-corrected chi connectivity index (χ2v) is 15.1. The van der Waals surface area contributed by atoms with Crippen LogP contribution in [0.15, 0.2) is 47.4 Å². The number of benzene rings is 2. The standard InChI is InChI=1S/C35H50FN3O7S/c1-24-21-39(25(2)23-40)35(42)31-20-29(37-34(41)27-11-6-5-7-12-27)15-18-32(31)46-26(3)10-8-9-19-45-33(24)22-38(4)47(43,44)30-16-13-28(36)14-17-30/h13-18,20,24-27,33,40H,5-12,19,21-23H2,1-4H3,(H,37,41)/t24-,25+,26+,33+/m0/s1. The molecule has 2 N–H and O–H groups in total. The van der Waals surface area contributed by atoms with Crippen LogP contribution in [-0.2, 0) is 19.6 Å². The number of halogens is 1. The Bertz CT molecular complexity index is 1450. The molecule has 1 aliphatic carbocycles. The Morgan fingerprint density at radius 1 is 1.06 bits per heavy atom. The fourth-order valence-corrected chi connectivity index (χ4v) is 7.39. The molecule has 2 aromatic carbocycles.